The van der Waals surface area contributed by atoms with E-state index < -0.39 is 0 Å². The molecule has 1 atom stereocenters. The van der Waals surface area contributed by atoms with Gasteiger partial charge in [0.05, 0.1) is 12.2 Å². The number of carbonyl (C=O) groups is 1. The van der Waals surface area contributed by atoms with Gasteiger partial charge >= 0.3 is 6.03 Å². The van der Waals surface area contributed by atoms with Crippen molar-refractivity contribution >= 4 is 22.6 Å². The van der Waals surface area contributed by atoms with E-state index in [0.29, 0.717) is 25.4 Å². The maximum absolute atomic E-state index is 12.8. The molecule has 0 bridgehead atoms. The summed E-state index contributed by atoms with van der Waals surface area (Å²) in [5.41, 5.74) is 1.83. The van der Waals surface area contributed by atoms with Crippen molar-refractivity contribution in [2.75, 3.05) is 31.6 Å². The van der Waals surface area contributed by atoms with E-state index in [-0.39, 0.29) is 12.1 Å². The van der Waals surface area contributed by atoms with Gasteiger partial charge in [-0.2, -0.15) is 0 Å². The first-order chi connectivity index (χ1) is 12.8. The van der Waals surface area contributed by atoms with Crippen molar-refractivity contribution in [1.29, 1.82) is 0 Å². The second-order valence-electron chi connectivity index (χ2n) is 6.26. The molecule has 0 radical (unpaired) electrons. The Kier molecular flexibility index (Phi) is 4.70. The minimum absolute atomic E-state index is 0.0417. The van der Waals surface area contributed by atoms with Crippen LogP contribution in [0.3, 0.4) is 0 Å². The van der Waals surface area contributed by atoms with Crippen molar-refractivity contribution in [2.24, 2.45) is 0 Å². The van der Waals surface area contributed by atoms with E-state index in [1.54, 1.807) is 12.4 Å². The number of H-pyrrole nitrogens is 1. The van der Waals surface area contributed by atoms with Crippen LogP contribution in [0.15, 0.2) is 55.0 Å². The fourth-order valence-electron chi connectivity index (χ4n) is 3.13. The number of rotatable bonds is 4. The van der Waals surface area contributed by atoms with E-state index in [4.69, 9.17) is 4.74 Å². The lowest BCUT2D eigenvalue weighted by Gasteiger charge is -2.35. The monoisotopic (exact) mass is 351 g/mol. The Morgan fingerprint density at radius 3 is 3.19 bits per heavy atom. The van der Waals surface area contributed by atoms with Crippen LogP contribution in [0.5, 0.6) is 5.75 Å². The molecule has 3 heterocycles. The van der Waals surface area contributed by atoms with E-state index in [1.165, 1.54) is 0 Å². The van der Waals surface area contributed by atoms with Crippen molar-refractivity contribution < 1.29 is 9.53 Å². The number of fused-ring (bicyclic) bond motifs is 1. The molecule has 2 aromatic heterocycles. The molecule has 0 aliphatic carbocycles. The lowest BCUT2D eigenvalue weighted by molar-refractivity contribution is 0.133. The van der Waals surface area contributed by atoms with Crippen LogP contribution in [0.4, 0.5) is 10.5 Å². The fraction of sp³-hybridized carbons (Fsp3) is 0.263. The van der Waals surface area contributed by atoms with E-state index >= 15 is 0 Å². The average Bonchev–Trinajstić information content (AvgIpc) is 3.15. The van der Waals surface area contributed by atoms with Crippen molar-refractivity contribution in [3.8, 4) is 5.75 Å². The smallest absolute Gasteiger partial charge is 0.322 e. The number of amides is 2. The average molecular weight is 351 g/mol. The molecule has 1 aliphatic rings. The highest BCUT2D eigenvalue weighted by molar-refractivity contribution is 5.93. The summed E-state index contributed by atoms with van der Waals surface area (Å²) in [4.78, 5) is 21.8. The zero-order valence-electron chi connectivity index (χ0n) is 14.3. The lowest BCUT2D eigenvalue weighted by Crippen LogP contribution is -2.57. The molecule has 0 saturated carbocycles. The molecule has 2 amide bonds. The van der Waals surface area contributed by atoms with Gasteiger partial charge in [-0.25, -0.2) is 4.79 Å². The summed E-state index contributed by atoms with van der Waals surface area (Å²) in [6.07, 6.45) is 5.27. The second kappa shape index (κ2) is 7.45. The SMILES string of the molecule is O=C(Nc1ccc2[nH]ccc2c1)N1CCNCC1COc1cccnc1. The number of pyridine rings is 1. The van der Waals surface area contributed by atoms with Gasteiger partial charge in [0.15, 0.2) is 0 Å². The minimum atomic E-state index is -0.110. The topological polar surface area (TPSA) is 82.3 Å². The van der Waals surface area contributed by atoms with Gasteiger partial charge in [0.1, 0.15) is 12.4 Å². The largest absolute Gasteiger partial charge is 0.490 e. The van der Waals surface area contributed by atoms with Crippen LogP contribution in [0.2, 0.25) is 0 Å². The highest BCUT2D eigenvalue weighted by atomic mass is 16.5. The van der Waals surface area contributed by atoms with Crippen molar-refractivity contribution in [3.05, 3.63) is 55.0 Å². The zero-order chi connectivity index (χ0) is 17.8. The summed E-state index contributed by atoms with van der Waals surface area (Å²) in [5, 5.41) is 7.39. The molecule has 7 heteroatoms. The highest BCUT2D eigenvalue weighted by Gasteiger charge is 2.27. The van der Waals surface area contributed by atoms with Gasteiger partial charge in [0, 0.05) is 48.6 Å². The normalized spacial score (nSPS) is 17.2. The first kappa shape index (κ1) is 16.4. The number of benzene rings is 1. The Balaban J connectivity index is 1.42. The van der Waals surface area contributed by atoms with Gasteiger partial charge in [-0.15, -0.1) is 0 Å². The fourth-order valence-corrected chi connectivity index (χ4v) is 3.13. The summed E-state index contributed by atoms with van der Waals surface area (Å²) in [5.74, 6) is 0.705. The van der Waals surface area contributed by atoms with Crippen LogP contribution < -0.4 is 15.4 Å². The molecule has 3 aromatic rings. The molecule has 3 N–H and O–H groups in total. The third-order valence-corrected chi connectivity index (χ3v) is 4.49. The van der Waals surface area contributed by atoms with Gasteiger partial charge in [-0.1, -0.05) is 0 Å². The van der Waals surface area contributed by atoms with E-state index in [0.717, 1.165) is 23.1 Å². The third kappa shape index (κ3) is 3.62. The number of hydrogen-bond acceptors (Lipinski definition) is 4. The van der Waals surface area contributed by atoms with Crippen LogP contribution in [0, 0.1) is 0 Å². The first-order valence-electron chi connectivity index (χ1n) is 8.68. The van der Waals surface area contributed by atoms with Gasteiger partial charge in [-0.3, -0.25) is 4.98 Å². The lowest BCUT2D eigenvalue weighted by atomic mass is 10.2. The molecular weight excluding hydrogens is 330 g/mol. The first-order valence-corrected chi connectivity index (χ1v) is 8.68. The maximum Gasteiger partial charge on any atom is 0.322 e. The number of nitrogens with zero attached hydrogens (tertiary/aromatic N) is 2. The van der Waals surface area contributed by atoms with Crippen LogP contribution in [-0.4, -0.2) is 53.2 Å². The quantitative estimate of drug-likeness (QED) is 0.674. The Bertz CT molecular complexity index is 880. The summed E-state index contributed by atoms with van der Waals surface area (Å²) >= 11 is 0. The second-order valence-corrected chi connectivity index (χ2v) is 6.26. The molecule has 26 heavy (non-hydrogen) atoms. The molecule has 1 saturated heterocycles. The van der Waals surface area contributed by atoms with Gasteiger partial charge in [0.2, 0.25) is 0 Å². The standard InChI is InChI=1S/C19H21N5O2/c25-19(23-15-3-4-18-14(10-15)5-7-22-18)24-9-8-21-11-16(24)13-26-17-2-1-6-20-12-17/h1-7,10,12,16,21-22H,8-9,11,13H2,(H,23,25). The molecule has 1 aliphatic heterocycles. The Morgan fingerprint density at radius 1 is 1.35 bits per heavy atom. The molecular formula is C19H21N5O2. The number of urea groups is 1. The Hall–Kier alpha value is -3.06. The molecule has 1 aromatic carbocycles. The number of nitrogens with one attached hydrogen (secondary N) is 3. The Labute approximate surface area is 151 Å². The molecule has 4 rings (SSSR count). The number of aromatic amines is 1. The summed E-state index contributed by atoms with van der Waals surface area (Å²) in [7, 11) is 0. The number of piperazine rings is 1. The van der Waals surface area contributed by atoms with Crippen LogP contribution in [0.1, 0.15) is 0 Å². The van der Waals surface area contributed by atoms with Crippen molar-refractivity contribution in [2.45, 2.75) is 6.04 Å². The number of aromatic nitrogens is 2. The Morgan fingerprint density at radius 2 is 2.31 bits per heavy atom. The maximum atomic E-state index is 12.8. The van der Waals surface area contributed by atoms with Gasteiger partial charge in [0.25, 0.3) is 0 Å². The van der Waals surface area contributed by atoms with E-state index in [2.05, 4.69) is 20.6 Å². The predicted molar refractivity (Wildman–Crippen MR) is 100 cm³/mol. The summed E-state index contributed by atoms with van der Waals surface area (Å²) < 4.78 is 5.80. The number of carbonyl (C=O) groups excluding carboxylic acids is 1. The zero-order valence-corrected chi connectivity index (χ0v) is 14.3. The van der Waals surface area contributed by atoms with E-state index in [9.17, 15) is 4.79 Å². The van der Waals surface area contributed by atoms with Crippen LogP contribution in [-0.2, 0) is 0 Å². The number of ether oxygens (including phenoxy) is 1. The molecule has 7 nitrogen and oxygen atoms in total. The molecule has 1 unspecified atom stereocenters. The van der Waals surface area contributed by atoms with Crippen molar-refractivity contribution in [1.82, 2.24) is 20.2 Å². The van der Waals surface area contributed by atoms with Crippen LogP contribution >= 0.6 is 0 Å². The molecule has 0 spiro atoms. The van der Waals surface area contributed by atoms with Crippen LogP contribution in [0.25, 0.3) is 10.9 Å². The molecule has 134 valence electrons. The van der Waals surface area contributed by atoms with E-state index in [1.807, 2.05) is 47.5 Å². The number of anilines is 1. The van der Waals surface area contributed by atoms with Crippen molar-refractivity contribution in [3.63, 3.8) is 0 Å². The minimum Gasteiger partial charge on any atom is -0.490 e. The van der Waals surface area contributed by atoms with Gasteiger partial charge in [-0.05, 0) is 36.4 Å². The predicted octanol–water partition coefficient (Wildman–Crippen LogP) is 2.45. The summed E-state index contributed by atoms with van der Waals surface area (Å²) in [6, 6.07) is 11.4. The number of hydrogen-bond donors (Lipinski definition) is 3. The summed E-state index contributed by atoms with van der Waals surface area (Å²) in [6.45, 7) is 2.53. The third-order valence-electron chi connectivity index (χ3n) is 4.49. The van der Waals surface area contributed by atoms with Gasteiger partial charge < -0.3 is 25.3 Å². The highest BCUT2D eigenvalue weighted by Crippen LogP contribution is 2.19. The molecule has 1 fully saturated rings.